The smallest absolute Gasteiger partial charge is 0.260 e. The molecule has 0 radical (unpaired) electrons. The summed E-state index contributed by atoms with van der Waals surface area (Å²) < 4.78 is 0. The predicted octanol–water partition coefficient (Wildman–Crippen LogP) is 3.71. The number of rotatable bonds is 3. The lowest BCUT2D eigenvalue weighted by atomic mass is 9.89. The fourth-order valence-electron chi connectivity index (χ4n) is 4.49. The molecule has 0 unspecified atom stereocenters. The molecule has 0 saturated carbocycles. The van der Waals surface area contributed by atoms with Crippen LogP contribution in [-0.2, 0) is 17.6 Å². The van der Waals surface area contributed by atoms with Crippen LogP contribution in [0.15, 0.2) is 9.95 Å². The molecule has 1 amide bonds. The zero-order valence-electron chi connectivity index (χ0n) is 16.2. The standard InChI is InChI=1S/C20H27N3O2S2/c1-11-4-5-14-15(7-11)27-19-17(14)18(25)21-20(22-19)26-10-16(24)23-8-12(2)6-13(3)9-23/h11-13H,4-10H2,1-3H3,(H,21,22,25)/t11-,12+,13+/m1/s1. The molecule has 1 aliphatic heterocycles. The largest absolute Gasteiger partial charge is 0.341 e. The predicted molar refractivity (Wildman–Crippen MR) is 112 cm³/mol. The number of carbonyl (C=O) groups excluding carboxylic acids is 1. The SMILES string of the molecule is C[C@@H]1CCc2c(sc3nc(SCC(=O)N4C[C@@H](C)C[C@H](C)C4)[nH]c(=O)c23)C1. The third-order valence-electron chi connectivity index (χ3n) is 5.70. The molecule has 0 spiro atoms. The summed E-state index contributed by atoms with van der Waals surface area (Å²) in [6.07, 6.45) is 4.33. The van der Waals surface area contributed by atoms with Crippen molar-refractivity contribution >= 4 is 39.2 Å². The van der Waals surface area contributed by atoms with Crippen molar-refractivity contribution < 1.29 is 4.79 Å². The van der Waals surface area contributed by atoms with E-state index in [9.17, 15) is 9.59 Å². The molecule has 7 heteroatoms. The number of likely N-dealkylation sites (tertiary alicyclic amines) is 1. The summed E-state index contributed by atoms with van der Waals surface area (Å²) >= 11 is 3.00. The number of hydrogen-bond donors (Lipinski definition) is 1. The van der Waals surface area contributed by atoms with Crippen LogP contribution < -0.4 is 5.56 Å². The van der Waals surface area contributed by atoms with Crippen LogP contribution in [-0.4, -0.2) is 39.6 Å². The van der Waals surface area contributed by atoms with E-state index < -0.39 is 0 Å². The van der Waals surface area contributed by atoms with Gasteiger partial charge in [-0.2, -0.15) is 0 Å². The number of aromatic nitrogens is 2. The van der Waals surface area contributed by atoms with Crippen LogP contribution >= 0.6 is 23.1 Å². The minimum atomic E-state index is -0.0535. The van der Waals surface area contributed by atoms with E-state index in [0.29, 0.717) is 28.7 Å². The molecule has 0 aromatic carbocycles. The minimum absolute atomic E-state index is 0.0535. The molecule has 4 rings (SSSR count). The Labute approximate surface area is 167 Å². The number of aryl methyl sites for hydroxylation is 1. The Morgan fingerprint density at radius 1 is 1.26 bits per heavy atom. The zero-order valence-corrected chi connectivity index (χ0v) is 17.8. The van der Waals surface area contributed by atoms with Crippen LogP contribution in [0.5, 0.6) is 0 Å². The molecule has 1 fully saturated rings. The first kappa shape index (κ1) is 19.0. The lowest BCUT2D eigenvalue weighted by molar-refractivity contribution is -0.130. The summed E-state index contributed by atoms with van der Waals surface area (Å²) in [5.74, 6) is 2.25. The normalized spacial score (nSPS) is 25.6. The van der Waals surface area contributed by atoms with Crippen molar-refractivity contribution in [3.05, 3.63) is 20.8 Å². The van der Waals surface area contributed by atoms with Crippen LogP contribution in [0.1, 0.15) is 44.1 Å². The van der Waals surface area contributed by atoms with Gasteiger partial charge >= 0.3 is 0 Å². The quantitative estimate of drug-likeness (QED) is 0.624. The highest BCUT2D eigenvalue weighted by atomic mass is 32.2. The Bertz CT molecular complexity index is 910. The van der Waals surface area contributed by atoms with E-state index in [1.807, 2.05) is 4.90 Å². The molecule has 3 heterocycles. The highest BCUT2D eigenvalue weighted by Gasteiger charge is 2.26. The Hall–Kier alpha value is -1.34. The van der Waals surface area contributed by atoms with Crippen molar-refractivity contribution in [3.63, 3.8) is 0 Å². The van der Waals surface area contributed by atoms with Crippen molar-refractivity contribution in [1.82, 2.24) is 14.9 Å². The molecule has 1 N–H and O–H groups in total. The molecule has 1 saturated heterocycles. The third kappa shape index (κ3) is 3.94. The number of thiophene rings is 1. The topological polar surface area (TPSA) is 66.1 Å². The first-order chi connectivity index (χ1) is 12.9. The van der Waals surface area contributed by atoms with Crippen molar-refractivity contribution in [3.8, 4) is 0 Å². The van der Waals surface area contributed by atoms with Crippen molar-refractivity contribution in [2.75, 3.05) is 18.8 Å². The molecule has 5 nitrogen and oxygen atoms in total. The van der Waals surface area contributed by atoms with E-state index in [0.717, 1.165) is 42.6 Å². The van der Waals surface area contributed by atoms with Gasteiger partial charge in [0.05, 0.1) is 11.1 Å². The molecule has 3 atom stereocenters. The van der Waals surface area contributed by atoms with Gasteiger partial charge in [-0.25, -0.2) is 4.98 Å². The lowest BCUT2D eigenvalue weighted by Gasteiger charge is -2.34. The van der Waals surface area contributed by atoms with Gasteiger partial charge < -0.3 is 9.88 Å². The van der Waals surface area contributed by atoms with E-state index in [1.54, 1.807) is 11.3 Å². The second kappa shape index (κ2) is 7.59. The van der Waals surface area contributed by atoms with Crippen molar-refractivity contribution in [2.24, 2.45) is 17.8 Å². The van der Waals surface area contributed by atoms with E-state index in [2.05, 4.69) is 30.7 Å². The first-order valence-electron chi connectivity index (χ1n) is 9.85. The van der Waals surface area contributed by atoms with Gasteiger partial charge in [0, 0.05) is 18.0 Å². The van der Waals surface area contributed by atoms with Gasteiger partial charge in [-0.1, -0.05) is 32.5 Å². The van der Waals surface area contributed by atoms with E-state index in [1.165, 1.54) is 28.6 Å². The second-order valence-corrected chi connectivity index (χ2v) is 10.5. The fourth-order valence-corrected chi connectivity index (χ4v) is 6.69. The zero-order chi connectivity index (χ0) is 19.1. The lowest BCUT2D eigenvalue weighted by Crippen LogP contribution is -2.43. The number of hydrogen-bond acceptors (Lipinski definition) is 5. The van der Waals surface area contributed by atoms with Gasteiger partial charge in [0.1, 0.15) is 4.83 Å². The second-order valence-electron chi connectivity index (χ2n) is 8.44. The molecular formula is C20H27N3O2S2. The van der Waals surface area contributed by atoms with Crippen molar-refractivity contribution in [1.29, 1.82) is 0 Å². The number of nitrogens with one attached hydrogen (secondary N) is 1. The Morgan fingerprint density at radius 2 is 2.00 bits per heavy atom. The highest BCUT2D eigenvalue weighted by Crippen LogP contribution is 2.36. The van der Waals surface area contributed by atoms with Gasteiger partial charge in [-0.05, 0) is 49.0 Å². The number of H-pyrrole nitrogens is 1. The molecule has 27 heavy (non-hydrogen) atoms. The summed E-state index contributed by atoms with van der Waals surface area (Å²) in [6.45, 7) is 8.34. The van der Waals surface area contributed by atoms with Crippen molar-refractivity contribution in [2.45, 2.75) is 51.6 Å². The molecule has 146 valence electrons. The number of amides is 1. The first-order valence-corrected chi connectivity index (χ1v) is 11.7. The average Bonchev–Trinajstić information content (AvgIpc) is 2.96. The van der Waals surface area contributed by atoms with E-state index >= 15 is 0 Å². The van der Waals surface area contributed by atoms with Gasteiger partial charge in [0.15, 0.2) is 5.16 Å². The van der Waals surface area contributed by atoms with E-state index in [4.69, 9.17) is 0 Å². The number of fused-ring (bicyclic) bond motifs is 3. The summed E-state index contributed by atoms with van der Waals surface area (Å²) in [5.41, 5.74) is 1.15. The van der Waals surface area contributed by atoms with Crippen LogP contribution in [0.2, 0.25) is 0 Å². The monoisotopic (exact) mass is 405 g/mol. The molecule has 2 aliphatic rings. The maximum Gasteiger partial charge on any atom is 0.260 e. The minimum Gasteiger partial charge on any atom is -0.341 e. The van der Waals surface area contributed by atoms with Crippen LogP contribution in [0.3, 0.4) is 0 Å². The number of carbonyl (C=O) groups is 1. The number of thioether (sulfide) groups is 1. The maximum absolute atomic E-state index is 12.6. The summed E-state index contributed by atoms with van der Waals surface area (Å²) in [4.78, 5) is 36.9. The van der Waals surface area contributed by atoms with Gasteiger partial charge in [0.25, 0.3) is 5.56 Å². The highest BCUT2D eigenvalue weighted by molar-refractivity contribution is 7.99. The summed E-state index contributed by atoms with van der Waals surface area (Å²) in [5, 5.41) is 1.34. The number of aromatic amines is 1. The Kier molecular flexibility index (Phi) is 5.34. The van der Waals surface area contributed by atoms with Gasteiger partial charge in [-0.3, -0.25) is 9.59 Å². The molecule has 0 bridgehead atoms. The molecule has 2 aromatic heterocycles. The van der Waals surface area contributed by atoms with Gasteiger partial charge in [0.2, 0.25) is 5.91 Å². The average molecular weight is 406 g/mol. The van der Waals surface area contributed by atoms with Crippen LogP contribution in [0.25, 0.3) is 10.2 Å². The van der Waals surface area contributed by atoms with E-state index in [-0.39, 0.29) is 11.5 Å². The van der Waals surface area contributed by atoms with Gasteiger partial charge in [-0.15, -0.1) is 11.3 Å². The summed E-state index contributed by atoms with van der Waals surface area (Å²) in [6, 6.07) is 0. The third-order valence-corrected chi connectivity index (χ3v) is 7.70. The Balaban J connectivity index is 1.50. The molecule has 2 aromatic rings. The molecule has 1 aliphatic carbocycles. The molecular weight excluding hydrogens is 378 g/mol. The van der Waals surface area contributed by atoms with Crippen LogP contribution in [0.4, 0.5) is 0 Å². The Morgan fingerprint density at radius 3 is 2.74 bits per heavy atom. The number of piperidine rings is 1. The van der Waals surface area contributed by atoms with Crippen LogP contribution in [0, 0.1) is 17.8 Å². The number of nitrogens with zero attached hydrogens (tertiary/aromatic N) is 2. The fraction of sp³-hybridized carbons (Fsp3) is 0.650. The summed E-state index contributed by atoms with van der Waals surface area (Å²) in [7, 11) is 0. The maximum atomic E-state index is 12.6.